The highest BCUT2D eigenvalue weighted by molar-refractivity contribution is 5.87. The number of carboxylic acid groups (broad SMARTS) is 1. The molecule has 0 aliphatic heterocycles. The van der Waals surface area contributed by atoms with Gasteiger partial charge in [-0.25, -0.2) is 9.59 Å². The summed E-state index contributed by atoms with van der Waals surface area (Å²) in [5.41, 5.74) is 4.88. The van der Waals surface area contributed by atoms with E-state index in [0.29, 0.717) is 12.2 Å². The SMILES string of the molecule is NC(=O)CC(NC(=O)NCCc1ccco1)C(=O)O. The van der Waals surface area contributed by atoms with Crippen molar-refractivity contribution in [1.82, 2.24) is 10.6 Å². The lowest BCUT2D eigenvalue weighted by molar-refractivity contribution is -0.140. The zero-order valence-electron chi connectivity index (χ0n) is 10.1. The fraction of sp³-hybridized carbons (Fsp3) is 0.364. The lowest BCUT2D eigenvalue weighted by Crippen LogP contribution is -2.48. The summed E-state index contributed by atoms with van der Waals surface area (Å²) in [4.78, 5) is 32.8. The van der Waals surface area contributed by atoms with Gasteiger partial charge in [0.25, 0.3) is 0 Å². The van der Waals surface area contributed by atoms with Gasteiger partial charge >= 0.3 is 12.0 Å². The highest BCUT2D eigenvalue weighted by Crippen LogP contribution is 1.99. The first-order valence-electron chi connectivity index (χ1n) is 5.57. The molecule has 0 fully saturated rings. The van der Waals surface area contributed by atoms with Crippen molar-refractivity contribution in [3.63, 3.8) is 0 Å². The van der Waals surface area contributed by atoms with E-state index in [0.717, 1.165) is 0 Å². The zero-order valence-corrected chi connectivity index (χ0v) is 10.1. The number of nitrogens with one attached hydrogen (secondary N) is 2. The molecule has 0 aliphatic carbocycles. The van der Waals surface area contributed by atoms with Gasteiger partial charge in [0.05, 0.1) is 12.7 Å². The van der Waals surface area contributed by atoms with E-state index in [1.54, 1.807) is 12.1 Å². The zero-order chi connectivity index (χ0) is 14.3. The molecule has 0 radical (unpaired) electrons. The third-order valence-electron chi connectivity index (χ3n) is 2.25. The highest BCUT2D eigenvalue weighted by Gasteiger charge is 2.21. The maximum Gasteiger partial charge on any atom is 0.326 e. The average molecular weight is 269 g/mol. The second-order valence-corrected chi connectivity index (χ2v) is 3.79. The van der Waals surface area contributed by atoms with E-state index in [2.05, 4.69) is 10.6 Å². The molecule has 19 heavy (non-hydrogen) atoms. The van der Waals surface area contributed by atoms with E-state index in [1.165, 1.54) is 6.26 Å². The number of rotatable bonds is 7. The Balaban J connectivity index is 2.32. The van der Waals surface area contributed by atoms with Crippen molar-refractivity contribution in [1.29, 1.82) is 0 Å². The summed E-state index contributed by atoms with van der Waals surface area (Å²) >= 11 is 0. The number of hydrogen-bond donors (Lipinski definition) is 4. The van der Waals surface area contributed by atoms with Gasteiger partial charge < -0.3 is 25.9 Å². The van der Waals surface area contributed by atoms with Gasteiger partial charge in [-0.3, -0.25) is 4.79 Å². The van der Waals surface area contributed by atoms with Crippen LogP contribution in [0.25, 0.3) is 0 Å². The fourth-order valence-corrected chi connectivity index (χ4v) is 1.36. The number of furan rings is 1. The molecule has 0 saturated carbocycles. The Kier molecular flexibility index (Phi) is 5.39. The van der Waals surface area contributed by atoms with Crippen molar-refractivity contribution in [3.05, 3.63) is 24.2 Å². The quantitative estimate of drug-likeness (QED) is 0.526. The molecule has 5 N–H and O–H groups in total. The van der Waals surface area contributed by atoms with Gasteiger partial charge in [-0.15, -0.1) is 0 Å². The number of amides is 3. The van der Waals surface area contributed by atoms with Crippen LogP contribution in [-0.2, 0) is 16.0 Å². The smallest absolute Gasteiger partial charge is 0.326 e. The summed E-state index contributed by atoms with van der Waals surface area (Å²) in [7, 11) is 0. The van der Waals surface area contributed by atoms with Crippen molar-refractivity contribution in [2.24, 2.45) is 5.73 Å². The molecular formula is C11H15N3O5. The predicted molar refractivity (Wildman–Crippen MR) is 64.2 cm³/mol. The first-order valence-corrected chi connectivity index (χ1v) is 5.57. The largest absolute Gasteiger partial charge is 0.480 e. The monoisotopic (exact) mass is 269 g/mol. The van der Waals surface area contributed by atoms with Crippen LogP contribution >= 0.6 is 0 Å². The topological polar surface area (TPSA) is 135 Å². The van der Waals surface area contributed by atoms with Crippen LogP contribution in [0.1, 0.15) is 12.2 Å². The van der Waals surface area contributed by atoms with E-state index in [1.807, 2.05) is 0 Å². The van der Waals surface area contributed by atoms with Crippen LogP contribution in [0.4, 0.5) is 4.79 Å². The van der Waals surface area contributed by atoms with Gasteiger partial charge in [0.1, 0.15) is 11.8 Å². The van der Waals surface area contributed by atoms with Gasteiger partial charge in [0, 0.05) is 13.0 Å². The van der Waals surface area contributed by atoms with Gasteiger partial charge in [-0.2, -0.15) is 0 Å². The lowest BCUT2D eigenvalue weighted by atomic mass is 10.2. The molecule has 1 atom stereocenters. The van der Waals surface area contributed by atoms with Crippen molar-refractivity contribution < 1.29 is 23.9 Å². The molecule has 0 bridgehead atoms. The number of nitrogens with two attached hydrogens (primary N) is 1. The number of urea groups is 1. The summed E-state index contributed by atoms with van der Waals surface area (Å²) in [6.45, 7) is 0.280. The molecule has 1 unspecified atom stereocenters. The lowest BCUT2D eigenvalue weighted by Gasteiger charge is -2.13. The summed E-state index contributed by atoms with van der Waals surface area (Å²) in [6.07, 6.45) is 1.54. The Morgan fingerprint density at radius 2 is 2.16 bits per heavy atom. The molecule has 8 nitrogen and oxygen atoms in total. The Bertz CT molecular complexity index is 443. The molecule has 0 aliphatic rings. The molecule has 1 heterocycles. The molecule has 0 spiro atoms. The minimum atomic E-state index is -1.33. The van der Waals surface area contributed by atoms with Crippen LogP contribution in [0.2, 0.25) is 0 Å². The van der Waals surface area contributed by atoms with Crippen LogP contribution < -0.4 is 16.4 Å². The van der Waals surface area contributed by atoms with E-state index < -0.39 is 30.4 Å². The third-order valence-corrected chi connectivity index (χ3v) is 2.25. The van der Waals surface area contributed by atoms with Crippen molar-refractivity contribution in [3.8, 4) is 0 Å². The maximum atomic E-state index is 11.4. The molecule has 3 amide bonds. The summed E-state index contributed by atoms with van der Waals surface area (Å²) < 4.78 is 5.06. The van der Waals surface area contributed by atoms with Crippen LogP contribution in [-0.4, -0.2) is 35.6 Å². The number of carbonyl (C=O) groups is 3. The number of carboxylic acids is 1. The predicted octanol–water partition coefficient (Wildman–Crippen LogP) is -0.550. The molecular weight excluding hydrogens is 254 g/mol. The second-order valence-electron chi connectivity index (χ2n) is 3.79. The number of carbonyl (C=O) groups excluding carboxylic acids is 2. The number of primary amides is 1. The summed E-state index contributed by atoms with van der Waals surface area (Å²) in [6, 6.07) is 1.47. The van der Waals surface area contributed by atoms with Gasteiger partial charge in [0.2, 0.25) is 5.91 Å². The maximum absolute atomic E-state index is 11.4. The van der Waals surface area contributed by atoms with Gasteiger partial charge in [0.15, 0.2) is 0 Å². The number of aliphatic carboxylic acids is 1. The van der Waals surface area contributed by atoms with Gasteiger partial charge in [-0.1, -0.05) is 0 Å². The van der Waals surface area contributed by atoms with E-state index in [-0.39, 0.29) is 6.54 Å². The molecule has 1 rings (SSSR count). The summed E-state index contributed by atoms with van der Waals surface area (Å²) in [5.74, 6) is -1.42. The van der Waals surface area contributed by atoms with Crippen LogP contribution in [0.3, 0.4) is 0 Å². The van der Waals surface area contributed by atoms with Crippen molar-refractivity contribution in [2.75, 3.05) is 6.54 Å². The van der Waals surface area contributed by atoms with Crippen LogP contribution in [0.15, 0.2) is 22.8 Å². The Labute approximate surface area is 108 Å². The average Bonchev–Trinajstić information content (AvgIpc) is 2.80. The normalized spacial score (nSPS) is 11.6. The third kappa shape index (κ3) is 5.57. The first kappa shape index (κ1) is 14.6. The van der Waals surface area contributed by atoms with E-state index in [9.17, 15) is 14.4 Å². The minimum Gasteiger partial charge on any atom is -0.480 e. The molecule has 8 heteroatoms. The Hall–Kier alpha value is -2.51. The Morgan fingerprint density at radius 1 is 1.42 bits per heavy atom. The second kappa shape index (κ2) is 7.04. The molecule has 0 aromatic carbocycles. The van der Waals surface area contributed by atoms with Gasteiger partial charge in [-0.05, 0) is 12.1 Å². The molecule has 104 valence electrons. The number of hydrogen-bond acceptors (Lipinski definition) is 4. The minimum absolute atomic E-state index is 0.280. The fourth-order valence-electron chi connectivity index (χ4n) is 1.36. The highest BCUT2D eigenvalue weighted by atomic mass is 16.4. The van der Waals surface area contributed by atoms with Crippen LogP contribution in [0.5, 0.6) is 0 Å². The molecule has 0 saturated heterocycles. The van der Waals surface area contributed by atoms with Crippen molar-refractivity contribution >= 4 is 17.9 Å². The summed E-state index contributed by atoms with van der Waals surface area (Å²) in [5, 5.41) is 13.4. The Morgan fingerprint density at radius 3 is 2.68 bits per heavy atom. The molecule has 1 aromatic rings. The van der Waals surface area contributed by atoms with E-state index in [4.69, 9.17) is 15.3 Å². The standard InChI is InChI=1S/C11H15N3O5/c12-9(15)6-8(10(16)17)14-11(18)13-4-3-7-2-1-5-19-7/h1-2,5,8H,3-4,6H2,(H2,12,15)(H,16,17)(H2,13,14,18). The van der Waals surface area contributed by atoms with Crippen LogP contribution in [0, 0.1) is 0 Å². The first-order chi connectivity index (χ1) is 8.99. The van der Waals surface area contributed by atoms with Crippen molar-refractivity contribution in [2.45, 2.75) is 18.9 Å². The molecule has 1 aromatic heterocycles. The van der Waals surface area contributed by atoms with E-state index >= 15 is 0 Å².